The van der Waals surface area contributed by atoms with Gasteiger partial charge in [0.2, 0.25) is 5.95 Å². The standard InChI is InChI=1S/C24H26N6/c1-3-7-18(8-4-1)17-30-23-19(16-26-30)15-25-24(29-23)28-22-13-11-21(12-14-22)27-20-9-5-2-6-10-20/h2,5-6,9-16,18,27H,1,3-4,7-8,17H2,(H,25,28,29). The number of aromatic nitrogens is 4. The van der Waals surface area contributed by atoms with Gasteiger partial charge in [-0.3, -0.25) is 0 Å². The lowest BCUT2D eigenvalue weighted by atomic mass is 9.89. The van der Waals surface area contributed by atoms with Gasteiger partial charge in [0.05, 0.1) is 11.6 Å². The molecular weight excluding hydrogens is 372 g/mol. The number of nitrogens with zero attached hydrogens (tertiary/aromatic N) is 4. The van der Waals surface area contributed by atoms with Gasteiger partial charge in [0, 0.05) is 29.8 Å². The van der Waals surface area contributed by atoms with Crippen LogP contribution in [0, 0.1) is 5.92 Å². The van der Waals surface area contributed by atoms with E-state index in [0.717, 1.165) is 34.6 Å². The zero-order valence-corrected chi connectivity index (χ0v) is 17.0. The summed E-state index contributed by atoms with van der Waals surface area (Å²) in [4.78, 5) is 9.21. The Morgan fingerprint density at radius 2 is 1.50 bits per heavy atom. The highest BCUT2D eigenvalue weighted by Gasteiger charge is 2.16. The van der Waals surface area contributed by atoms with E-state index in [4.69, 9.17) is 4.98 Å². The quantitative estimate of drug-likeness (QED) is 0.424. The molecule has 1 aliphatic rings. The summed E-state index contributed by atoms with van der Waals surface area (Å²) in [6, 6.07) is 18.3. The molecule has 2 N–H and O–H groups in total. The van der Waals surface area contributed by atoms with Crippen molar-refractivity contribution in [1.29, 1.82) is 0 Å². The third kappa shape index (κ3) is 4.27. The second-order valence-electron chi connectivity index (χ2n) is 8.00. The first kappa shape index (κ1) is 18.6. The SMILES string of the molecule is c1ccc(Nc2ccc(Nc3ncc4cnn(CC5CCCCC5)c4n3)cc2)cc1. The molecule has 6 nitrogen and oxygen atoms in total. The molecule has 0 atom stereocenters. The van der Waals surface area contributed by atoms with Crippen molar-refractivity contribution < 1.29 is 0 Å². The van der Waals surface area contributed by atoms with Crippen molar-refractivity contribution in [3.63, 3.8) is 0 Å². The first-order valence-electron chi connectivity index (χ1n) is 10.7. The van der Waals surface area contributed by atoms with E-state index in [1.165, 1.54) is 32.1 Å². The first-order valence-corrected chi connectivity index (χ1v) is 10.7. The Bertz CT molecular complexity index is 1100. The van der Waals surface area contributed by atoms with E-state index in [1.54, 1.807) is 0 Å². The summed E-state index contributed by atoms with van der Waals surface area (Å²) in [5.74, 6) is 1.30. The average molecular weight is 399 g/mol. The number of benzene rings is 2. The van der Waals surface area contributed by atoms with Crippen molar-refractivity contribution in [3.8, 4) is 0 Å². The van der Waals surface area contributed by atoms with Crippen molar-refractivity contribution in [2.75, 3.05) is 10.6 Å². The van der Waals surface area contributed by atoms with Gasteiger partial charge in [0.25, 0.3) is 0 Å². The predicted octanol–water partition coefficient (Wildman–Crippen LogP) is 5.89. The van der Waals surface area contributed by atoms with E-state index in [1.807, 2.05) is 71.7 Å². The molecule has 2 aromatic carbocycles. The topological polar surface area (TPSA) is 67.7 Å². The van der Waals surface area contributed by atoms with Crippen molar-refractivity contribution >= 4 is 34.0 Å². The number of hydrogen-bond acceptors (Lipinski definition) is 5. The largest absolute Gasteiger partial charge is 0.356 e. The Morgan fingerprint density at radius 3 is 2.27 bits per heavy atom. The molecule has 5 rings (SSSR count). The van der Waals surface area contributed by atoms with Gasteiger partial charge in [-0.25, -0.2) is 9.67 Å². The molecule has 152 valence electrons. The maximum absolute atomic E-state index is 4.75. The van der Waals surface area contributed by atoms with Gasteiger partial charge in [0.15, 0.2) is 5.65 Å². The number of rotatable bonds is 6. The van der Waals surface area contributed by atoms with Crippen LogP contribution in [0.15, 0.2) is 67.0 Å². The predicted molar refractivity (Wildman–Crippen MR) is 121 cm³/mol. The minimum Gasteiger partial charge on any atom is -0.356 e. The van der Waals surface area contributed by atoms with Crippen LogP contribution < -0.4 is 10.6 Å². The molecule has 4 aromatic rings. The van der Waals surface area contributed by atoms with Crippen molar-refractivity contribution in [1.82, 2.24) is 19.7 Å². The molecule has 0 amide bonds. The Morgan fingerprint density at radius 1 is 0.800 bits per heavy atom. The van der Waals surface area contributed by atoms with Crippen LogP contribution in [-0.4, -0.2) is 19.7 Å². The van der Waals surface area contributed by atoms with Crippen LogP contribution in [0.2, 0.25) is 0 Å². The van der Waals surface area contributed by atoms with E-state index >= 15 is 0 Å². The molecular formula is C24H26N6. The summed E-state index contributed by atoms with van der Waals surface area (Å²) in [6.07, 6.45) is 10.3. The van der Waals surface area contributed by atoms with Crippen LogP contribution in [0.25, 0.3) is 11.0 Å². The number of nitrogens with one attached hydrogen (secondary N) is 2. The van der Waals surface area contributed by atoms with Crippen LogP contribution in [0.5, 0.6) is 0 Å². The van der Waals surface area contributed by atoms with Crippen molar-refractivity contribution in [2.24, 2.45) is 5.92 Å². The second kappa shape index (κ2) is 8.53. The molecule has 6 heteroatoms. The summed E-state index contributed by atoms with van der Waals surface area (Å²) in [6.45, 7) is 0.944. The molecule has 1 fully saturated rings. The van der Waals surface area contributed by atoms with E-state index in [9.17, 15) is 0 Å². The van der Waals surface area contributed by atoms with Crippen LogP contribution >= 0.6 is 0 Å². The van der Waals surface area contributed by atoms with Gasteiger partial charge in [-0.1, -0.05) is 37.5 Å². The van der Waals surface area contributed by atoms with E-state index in [2.05, 4.69) is 20.7 Å². The highest BCUT2D eigenvalue weighted by molar-refractivity contribution is 5.75. The smallest absolute Gasteiger partial charge is 0.229 e. The summed E-state index contributed by atoms with van der Waals surface area (Å²) >= 11 is 0. The van der Waals surface area contributed by atoms with Gasteiger partial charge in [0.1, 0.15) is 0 Å². The summed E-state index contributed by atoms with van der Waals surface area (Å²) in [7, 11) is 0. The molecule has 2 heterocycles. The summed E-state index contributed by atoms with van der Waals surface area (Å²) < 4.78 is 2.05. The second-order valence-corrected chi connectivity index (χ2v) is 8.00. The molecule has 1 aliphatic carbocycles. The maximum Gasteiger partial charge on any atom is 0.229 e. The Labute approximate surface area is 176 Å². The number of para-hydroxylation sites is 1. The molecule has 30 heavy (non-hydrogen) atoms. The lowest BCUT2D eigenvalue weighted by Crippen LogP contribution is -2.15. The monoisotopic (exact) mass is 398 g/mol. The van der Waals surface area contributed by atoms with Gasteiger partial charge >= 0.3 is 0 Å². The molecule has 0 radical (unpaired) electrons. The summed E-state index contributed by atoms with van der Waals surface area (Å²) in [5.41, 5.74) is 3.96. The van der Waals surface area contributed by atoms with Crippen LogP contribution in [0.1, 0.15) is 32.1 Å². The summed E-state index contributed by atoms with van der Waals surface area (Å²) in [5, 5.41) is 12.3. The molecule has 0 saturated heterocycles. The fraction of sp³-hybridized carbons (Fsp3) is 0.292. The minimum atomic E-state index is 0.594. The Balaban J connectivity index is 1.29. The molecule has 2 aromatic heterocycles. The third-order valence-corrected chi connectivity index (χ3v) is 5.74. The van der Waals surface area contributed by atoms with Crippen molar-refractivity contribution in [2.45, 2.75) is 38.6 Å². The first-order chi connectivity index (χ1) is 14.8. The van der Waals surface area contributed by atoms with Crippen LogP contribution in [0.3, 0.4) is 0 Å². The highest BCUT2D eigenvalue weighted by Crippen LogP contribution is 2.26. The third-order valence-electron chi connectivity index (χ3n) is 5.74. The molecule has 0 unspecified atom stereocenters. The van der Waals surface area contributed by atoms with E-state index < -0.39 is 0 Å². The zero-order chi connectivity index (χ0) is 20.2. The normalized spacial score (nSPS) is 14.7. The Kier molecular flexibility index (Phi) is 5.29. The molecule has 0 aliphatic heterocycles. The zero-order valence-electron chi connectivity index (χ0n) is 17.0. The molecule has 0 spiro atoms. The molecule has 0 bridgehead atoms. The molecule has 1 saturated carbocycles. The number of anilines is 4. The van der Waals surface area contributed by atoms with Crippen LogP contribution in [-0.2, 0) is 6.54 Å². The van der Waals surface area contributed by atoms with Gasteiger partial charge in [-0.2, -0.15) is 10.1 Å². The van der Waals surface area contributed by atoms with Gasteiger partial charge in [-0.05, 0) is 55.2 Å². The van der Waals surface area contributed by atoms with E-state index in [0.29, 0.717) is 11.9 Å². The number of fused-ring (bicyclic) bond motifs is 1. The lowest BCUT2D eigenvalue weighted by molar-refractivity contribution is 0.311. The lowest BCUT2D eigenvalue weighted by Gasteiger charge is -2.21. The minimum absolute atomic E-state index is 0.594. The van der Waals surface area contributed by atoms with E-state index in [-0.39, 0.29) is 0 Å². The highest BCUT2D eigenvalue weighted by atomic mass is 15.3. The fourth-order valence-corrected chi connectivity index (χ4v) is 4.13. The van der Waals surface area contributed by atoms with Crippen molar-refractivity contribution in [3.05, 3.63) is 67.0 Å². The number of hydrogen-bond donors (Lipinski definition) is 2. The van der Waals surface area contributed by atoms with Gasteiger partial charge < -0.3 is 10.6 Å². The fourth-order valence-electron chi connectivity index (χ4n) is 4.13. The Hall–Kier alpha value is -3.41. The average Bonchev–Trinajstić information content (AvgIpc) is 3.19. The maximum atomic E-state index is 4.75. The van der Waals surface area contributed by atoms with Gasteiger partial charge in [-0.15, -0.1) is 0 Å². The van der Waals surface area contributed by atoms with Crippen LogP contribution in [0.4, 0.5) is 23.0 Å².